The first kappa shape index (κ1) is 6.08. The van der Waals surface area contributed by atoms with E-state index in [-0.39, 0.29) is 0 Å². The van der Waals surface area contributed by atoms with Gasteiger partial charge in [-0.05, 0) is 6.08 Å². The lowest BCUT2D eigenvalue weighted by molar-refractivity contribution is 0.934. The molecule has 9 heavy (non-hydrogen) atoms. The van der Waals surface area contributed by atoms with Gasteiger partial charge in [-0.25, -0.2) is 0 Å². The largest absolute Gasteiger partial charge is 0.390 e. The van der Waals surface area contributed by atoms with Crippen molar-refractivity contribution in [2.45, 2.75) is 6.42 Å². The van der Waals surface area contributed by atoms with Crippen molar-refractivity contribution < 1.29 is 0 Å². The molecule has 0 radical (unpaired) electrons. The second-order valence-electron chi connectivity index (χ2n) is 1.83. The summed E-state index contributed by atoms with van der Waals surface area (Å²) in [5, 5.41) is 3.04. The molecule has 48 valence electrons. The van der Waals surface area contributed by atoms with Crippen molar-refractivity contribution >= 4 is 6.21 Å². The van der Waals surface area contributed by atoms with Crippen LogP contribution in [0.2, 0.25) is 0 Å². The molecule has 0 amide bonds. The van der Waals surface area contributed by atoms with Crippen molar-refractivity contribution in [2.24, 2.45) is 4.99 Å². The second-order valence-corrected chi connectivity index (χ2v) is 1.83. The molecule has 0 unspecified atom stereocenters. The molecule has 1 rings (SSSR count). The Hall–Kier alpha value is -1.05. The average molecular weight is 122 g/mol. The van der Waals surface area contributed by atoms with Crippen LogP contribution in [0.1, 0.15) is 6.42 Å². The number of hydrogen-bond acceptors (Lipinski definition) is 2. The fourth-order valence-corrected chi connectivity index (χ4v) is 0.658. The molecule has 0 saturated heterocycles. The van der Waals surface area contributed by atoms with Gasteiger partial charge in [0.05, 0.1) is 0 Å². The highest BCUT2D eigenvalue weighted by Crippen LogP contribution is 1.99. The first-order valence-electron chi connectivity index (χ1n) is 2.98. The summed E-state index contributed by atoms with van der Waals surface area (Å²) in [6.45, 7) is 0. The van der Waals surface area contributed by atoms with Crippen LogP contribution in [0.3, 0.4) is 0 Å². The Balaban J connectivity index is 2.62. The van der Waals surface area contributed by atoms with Crippen LogP contribution in [0.5, 0.6) is 0 Å². The molecule has 1 aliphatic rings. The molecule has 0 aromatic rings. The highest BCUT2D eigenvalue weighted by atomic mass is 14.9. The molecule has 0 aromatic heterocycles. The van der Waals surface area contributed by atoms with E-state index in [0.717, 1.165) is 12.1 Å². The van der Waals surface area contributed by atoms with Gasteiger partial charge in [0.15, 0.2) is 0 Å². The quantitative estimate of drug-likeness (QED) is 0.553. The summed E-state index contributed by atoms with van der Waals surface area (Å²) >= 11 is 0. The van der Waals surface area contributed by atoms with Gasteiger partial charge in [0.25, 0.3) is 0 Å². The monoisotopic (exact) mass is 122 g/mol. The van der Waals surface area contributed by atoms with Crippen LogP contribution in [0.15, 0.2) is 29.0 Å². The van der Waals surface area contributed by atoms with E-state index in [1.165, 1.54) is 0 Å². The SMILES string of the molecule is CNC1=CN=CC=CC1. The summed E-state index contributed by atoms with van der Waals surface area (Å²) in [5.74, 6) is 0. The molecule has 1 N–H and O–H groups in total. The molecule has 0 aliphatic carbocycles. The number of allylic oxidation sites excluding steroid dienone is 2. The summed E-state index contributed by atoms with van der Waals surface area (Å²) in [4.78, 5) is 3.99. The first-order chi connectivity index (χ1) is 4.43. The minimum atomic E-state index is 0.955. The van der Waals surface area contributed by atoms with E-state index >= 15 is 0 Å². The van der Waals surface area contributed by atoms with Crippen LogP contribution in [0.25, 0.3) is 0 Å². The number of rotatable bonds is 1. The Labute approximate surface area is 55.0 Å². The number of aliphatic imine (C=N–C) groups is 1. The fourth-order valence-electron chi connectivity index (χ4n) is 0.658. The Kier molecular flexibility index (Phi) is 2.07. The van der Waals surface area contributed by atoms with Gasteiger partial charge in [-0.3, -0.25) is 4.99 Å². The van der Waals surface area contributed by atoms with Gasteiger partial charge in [-0.15, -0.1) is 0 Å². The van der Waals surface area contributed by atoms with Crippen molar-refractivity contribution in [3.05, 3.63) is 24.0 Å². The van der Waals surface area contributed by atoms with Gasteiger partial charge in [-0.2, -0.15) is 0 Å². The molecule has 0 saturated carbocycles. The number of nitrogens with one attached hydrogen (secondary N) is 1. The third-order valence-electron chi connectivity index (χ3n) is 1.20. The third-order valence-corrected chi connectivity index (χ3v) is 1.20. The number of hydrogen-bond donors (Lipinski definition) is 1. The van der Waals surface area contributed by atoms with E-state index in [1.54, 1.807) is 6.21 Å². The topological polar surface area (TPSA) is 24.4 Å². The third kappa shape index (κ3) is 1.72. The maximum atomic E-state index is 3.99. The van der Waals surface area contributed by atoms with Crippen LogP contribution in [0, 0.1) is 0 Å². The second kappa shape index (κ2) is 3.07. The van der Waals surface area contributed by atoms with Crippen molar-refractivity contribution in [3.8, 4) is 0 Å². The van der Waals surface area contributed by atoms with E-state index < -0.39 is 0 Å². The van der Waals surface area contributed by atoms with E-state index in [0.29, 0.717) is 0 Å². The Morgan fingerprint density at radius 1 is 1.67 bits per heavy atom. The zero-order chi connectivity index (χ0) is 6.53. The van der Waals surface area contributed by atoms with Gasteiger partial charge < -0.3 is 5.32 Å². The van der Waals surface area contributed by atoms with Crippen LogP contribution < -0.4 is 5.32 Å². The zero-order valence-electron chi connectivity index (χ0n) is 5.46. The van der Waals surface area contributed by atoms with E-state index in [1.807, 2.05) is 19.3 Å². The summed E-state index contributed by atoms with van der Waals surface area (Å²) in [6.07, 6.45) is 8.58. The lowest BCUT2D eigenvalue weighted by Crippen LogP contribution is -2.03. The van der Waals surface area contributed by atoms with E-state index in [2.05, 4.69) is 16.4 Å². The van der Waals surface area contributed by atoms with Gasteiger partial charge in [-0.1, -0.05) is 6.08 Å². The van der Waals surface area contributed by atoms with Crippen LogP contribution in [0.4, 0.5) is 0 Å². The average Bonchev–Trinajstić information content (AvgIpc) is 2.13. The summed E-state index contributed by atoms with van der Waals surface area (Å²) in [7, 11) is 1.90. The standard InChI is InChI=1S/C7H10N2/c1-8-7-4-2-3-5-9-6-7/h2-3,5-6,8H,4H2,1H3. The smallest absolute Gasteiger partial charge is 0.0460 e. The molecule has 0 atom stereocenters. The zero-order valence-corrected chi connectivity index (χ0v) is 5.46. The Morgan fingerprint density at radius 2 is 2.56 bits per heavy atom. The molecule has 2 nitrogen and oxygen atoms in total. The van der Waals surface area contributed by atoms with Crippen LogP contribution in [-0.2, 0) is 0 Å². The molecule has 2 heteroatoms. The predicted molar refractivity (Wildman–Crippen MR) is 39.4 cm³/mol. The van der Waals surface area contributed by atoms with Gasteiger partial charge in [0.1, 0.15) is 0 Å². The highest BCUT2D eigenvalue weighted by molar-refractivity contribution is 5.72. The Bertz CT molecular complexity index is 166. The maximum absolute atomic E-state index is 3.99. The molecular weight excluding hydrogens is 112 g/mol. The summed E-state index contributed by atoms with van der Waals surface area (Å²) < 4.78 is 0. The lowest BCUT2D eigenvalue weighted by atomic mass is 10.3. The first-order valence-corrected chi connectivity index (χ1v) is 2.98. The molecule has 0 spiro atoms. The van der Waals surface area contributed by atoms with Crippen molar-refractivity contribution in [2.75, 3.05) is 7.05 Å². The van der Waals surface area contributed by atoms with Crippen molar-refractivity contribution in [1.29, 1.82) is 0 Å². The molecular formula is C7H10N2. The maximum Gasteiger partial charge on any atom is 0.0460 e. The van der Waals surface area contributed by atoms with Gasteiger partial charge in [0, 0.05) is 31.6 Å². The minimum Gasteiger partial charge on any atom is -0.390 e. The summed E-state index contributed by atoms with van der Waals surface area (Å²) in [5.41, 5.74) is 1.15. The predicted octanol–water partition coefficient (Wildman–Crippen LogP) is 1.08. The van der Waals surface area contributed by atoms with E-state index in [4.69, 9.17) is 0 Å². The Morgan fingerprint density at radius 3 is 3.33 bits per heavy atom. The number of nitrogens with zero attached hydrogens (tertiary/aromatic N) is 1. The van der Waals surface area contributed by atoms with Gasteiger partial charge in [0.2, 0.25) is 0 Å². The summed E-state index contributed by atoms with van der Waals surface area (Å²) in [6, 6.07) is 0. The normalized spacial score (nSPS) is 16.8. The minimum absolute atomic E-state index is 0.955. The van der Waals surface area contributed by atoms with Crippen LogP contribution in [-0.4, -0.2) is 13.3 Å². The van der Waals surface area contributed by atoms with Crippen molar-refractivity contribution in [3.63, 3.8) is 0 Å². The molecule has 0 bridgehead atoms. The van der Waals surface area contributed by atoms with Crippen molar-refractivity contribution in [1.82, 2.24) is 5.32 Å². The van der Waals surface area contributed by atoms with Gasteiger partial charge >= 0.3 is 0 Å². The molecule has 1 heterocycles. The molecule has 0 fully saturated rings. The molecule has 0 aromatic carbocycles. The molecule has 1 aliphatic heterocycles. The fraction of sp³-hybridized carbons (Fsp3) is 0.286. The highest BCUT2D eigenvalue weighted by Gasteiger charge is 1.88. The lowest BCUT2D eigenvalue weighted by Gasteiger charge is -1.97. The van der Waals surface area contributed by atoms with Crippen LogP contribution >= 0.6 is 0 Å². The van der Waals surface area contributed by atoms with E-state index in [9.17, 15) is 0 Å².